The van der Waals surface area contributed by atoms with E-state index in [-0.39, 0.29) is 6.42 Å². The molecule has 0 fully saturated rings. The van der Waals surface area contributed by atoms with Crippen LogP contribution in [-0.2, 0) is 10.4 Å². The van der Waals surface area contributed by atoms with E-state index in [2.05, 4.69) is 0 Å². The predicted molar refractivity (Wildman–Crippen MR) is 56.7 cm³/mol. The third-order valence-electron chi connectivity index (χ3n) is 2.01. The van der Waals surface area contributed by atoms with Crippen molar-refractivity contribution < 1.29 is 9.90 Å². The van der Waals surface area contributed by atoms with Gasteiger partial charge in [-0.05, 0) is 13.0 Å². The maximum absolute atomic E-state index is 10.4. The molecule has 0 amide bonds. The fraction of sp³-hybridized carbons (Fsp3) is 0.300. The number of halogens is 2. The summed E-state index contributed by atoms with van der Waals surface area (Å²) in [5, 5.41) is 10.6. The van der Waals surface area contributed by atoms with Crippen molar-refractivity contribution in [3.63, 3.8) is 0 Å². The van der Waals surface area contributed by atoms with E-state index in [0.29, 0.717) is 21.9 Å². The molecule has 1 aromatic rings. The average molecular weight is 233 g/mol. The van der Waals surface area contributed by atoms with Crippen molar-refractivity contribution in [3.05, 3.63) is 33.8 Å². The van der Waals surface area contributed by atoms with E-state index in [1.807, 2.05) is 0 Å². The Morgan fingerprint density at radius 2 is 2.14 bits per heavy atom. The second kappa shape index (κ2) is 4.30. The number of hydrogen-bond acceptors (Lipinski definition) is 2. The molecule has 2 nitrogen and oxygen atoms in total. The molecule has 1 aromatic carbocycles. The van der Waals surface area contributed by atoms with Crippen LogP contribution in [0.3, 0.4) is 0 Å². The van der Waals surface area contributed by atoms with E-state index < -0.39 is 5.60 Å². The molecule has 0 aliphatic heterocycles. The molecule has 1 unspecified atom stereocenters. The highest BCUT2D eigenvalue weighted by Gasteiger charge is 2.25. The Morgan fingerprint density at radius 3 is 2.71 bits per heavy atom. The van der Waals surface area contributed by atoms with Gasteiger partial charge in [0.2, 0.25) is 0 Å². The standard InChI is InChI=1S/C10H10Cl2O2/c1-10(14,5-6-13)7-3-2-4-8(11)9(7)12/h2-4,6,14H,5H2,1H3. The summed E-state index contributed by atoms with van der Waals surface area (Å²) in [6, 6.07) is 4.96. The van der Waals surface area contributed by atoms with Crippen molar-refractivity contribution in [2.45, 2.75) is 18.9 Å². The van der Waals surface area contributed by atoms with E-state index in [1.165, 1.54) is 6.92 Å². The average Bonchev–Trinajstić information content (AvgIpc) is 2.09. The molecule has 0 saturated heterocycles. The molecule has 14 heavy (non-hydrogen) atoms. The topological polar surface area (TPSA) is 37.3 Å². The lowest BCUT2D eigenvalue weighted by molar-refractivity contribution is -0.112. The van der Waals surface area contributed by atoms with E-state index in [1.54, 1.807) is 18.2 Å². The van der Waals surface area contributed by atoms with Crippen molar-refractivity contribution >= 4 is 29.5 Å². The van der Waals surface area contributed by atoms with E-state index in [0.717, 1.165) is 0 Å². The van der Waals surface area contributed by atoms with Crippen LogP contribution in [0.4, 0.5) is 0 Å². The van der Waals surface area contributed by atoms with Crippen molar-refractivity contribution in [2.24, 2.45) is 0 Å². The molecule has 4 heteroatoms. The molecule has 0 aromatic heterocycles. The van der Waals surface area contributed by atoms with Gasteiger partial charge in [-0.3, -0.25) is 0 Å². The van der Waals surface area contributed by atoms with Gasteiger partial charge in [0.05, 0.1) is 15.6 Å². The van der Waals surface area contributed by atoms with Gasteiger partial charge < -0.3 is 9.90 Å². The van der Waals surface area contributed by atoms with Gasteiger partial charge in [0.1, 0.15) is 6.29 Å². The molecule has 76 valence electrons. The van der Waals surface area contributed by atoms with Crippen LogP contribution in [0.25, 0.3) is 0 Å². The Kier molecular flexibility index (Phi) is 3.53. The minimum absolute atomic E-state index is 0.00688. The van der Waals surface area contributed by atoms with E-state index in [9.17, 15) is 9.90 Å². The van der Waals surface area contributed by atoms with Gasteiger partial charge in [0.25, 0.3) is 0 Å². The molecule has 0 aliphatic rings. The molecular weight excluding hydrogens is 223 g/mol. The summed E-state index contributed by atoms with van der Waals surface area (Å²) in [6.07, 6.45) is 0.643. The molecule has 0 spiro atoms. The van der Waals surface area contributed by atoms with Crippen LogP contribution in [0.15, 0.2) is 18.2 Å². The van der Waals surface area contributed by atoms with Gasteiger partial charge in [-0.15, -0.1) is 0 Å². The first-order valence-corrected chi connectivity index (χ1v) is 4.85. The minimum atomic E-state index is -1.26. The highest BCUT2D eigenvalue weighted by Crippen LogP contribution is 2.34. The Bertz CT molecular complexity index is 348. The van der Waals surface area contributed by atoms with Crippen LogP contribution in [0.2, 0.25) is 10.0 Å². The largest absolute Gasteiger partial charge is 0.385 e. The number of benzene rings is 1. The predicted octanol–water partition coefficient (Wildman–Crippen LogP) is 2.79. The smallest absolute Gasteiger partial charge is 0.123 e. The van der Waals surface area contributed by atoms with E-state index >= 15 is 0 Å². The maximum atomic E-state index is 10.4. The van der Waals surface area contributed by atoms with Gasteiger partial charge in [0.15, 0.2) is 0 Å². The van der Waals surface area contributed by atoms with Crippen LogP contribution >= 0.6 is 23.2 Å². The highest BCUT2D eigenvalue weighted by molar-refractivity contribution is 6.42. The van der Waals surface area contributed by atoms with Crippen LogP contribution in [-0.4, -0.2) is 11.4 Å². The van der Waals surface area contributed by atoms with Gasteiger partial charge in [-0.25, -0.2) is 0 Å². The Hall–Kier alpha value is -0.570. The normalized spacial score (nSPS) is 14.9. The zero-order chi connectivity index (χ0) is 10.8. The van der Waals surface area contributed by atoms with Crippen molar-refractivity contribution in [3.8, 4) is 0 Å². The second-order valence-electron chi connectivity index (χ2n) is 3.25. The summed E-state index contributed by atoms with van der Waals surface area (Å²) in [7, 11) is 0. The Morgan fingerprint density at radius 1 is 1.50 bits per heavy atom. The van der Waals surface area contributed by atoms with Crippen molar-refractivity contribution in [1.29, 1.82) is 0 Å². The zero-order valence-electron chi connectivity index (χ0n) is 7.63. The fourth-order valence-corrected chi connectivity index (χ4v) is 1.70. The van der Waals surface area contributed by atoms with Crippen LogP contribution in [0.5, 0.6) is 0 Å². The van der Waals surface area contributed by atoms with Gasteiger partial charge in [-0.2, -0.15) is 0 Å². The summed E-state index contributed by atoms with van der Waals surface area (Å²) in [5.74, 6) is 0. The molecule has 0 aliphatic carbocycles. The number of aliphatic hydroxyl groups is 1. The lowest BCUT2D eigenvalue weighted by Gasteiger charge is -2.22. The number of hydrogen-bond donors (Lipinski definition) is 1. The van der Waals surface area contributed by atoms with Crippen LogP contribution in [0, 0.1) is 0 Å². The number of carbonyl (C=O) groups is 1. The molecular formula is C10H10Cl2O2. The third-order valence-corrected chi connectivity index (χ3v) is 2.83. The summed E-state index contributed by atoms with van der Waals surface area (Å²) < 4.78 is 0. The molecule has 0 bridgehead atoms. The van der Waals surface area contributed by atoms with Gasteiger partial charge >= 0.3 is 0 Å². The lowest BCUT2D eigenvalue weighted by Crippen LogP contribution is -2.22. The Balaban J connectivity index is 3.18. The summed E-state index contributed by atoms with van der Waals surface area (Å²) >= 11 is 11.7. The molecule has 0 saturated carbocycles. The number of carbonyl (C=O) groups excluding carboxylic acids is 1. The molecule has 1 N–H and O–H groups in total. The van der Waals surface area contributed by atoms with Crippen LogP contribution in [0.1, 0.15) is 18.9 Å². The monoisotopic (exact) mass is 232 g/mol. The van der Waals surface area contributed by atoms with Crippen LogP contribution < -0.4 is 0 Å². The van der Waals surface area contributed by atoms with E-state index in [4.69, 9.17) is 23.2 Å². The van der Waals surface area contributed by atoms with Crippen molar-refractivity contribution in [2.75, 3.05) is 0 Å². The highest BCUT2D eigenvalue weighted by atomic mass is 35.5. The summed E-state index contributed by atoms with van der Waals surface area (Å²) in [5.41, 5.74) is -0.789. The zero-order valence-corrected chi connectivity index (χ0v) is 9.14. The van der Waals surface area contributed by atoms with Gasteiger partial charge in [-0.1, -0.05) is 35.3 Å². The first-order valence-electron chi connectivity index (χ1n) is 4.09. The lowest BCUT2D eigenvalue weighted by atomic mass is 9.93. The minimum Gasteiger partial charge on any atom is -0.385 e. The van der Waals surface area contributed by atoms with Crippen molar-refractivity contribution in [1.82, 2.24) is 0 Å². The molecule has 0 radical (unpaired) electrons. The molecule has 1 rings (SSSR count). The SMILES string of the molecule is CC(O)(CC=O)c1cccc(Cl)c1Cl. The molecule has 0 heterocycles. The maximum Gasteiger partial charge on any atom is 0.123 e. The third kappa shape index (κ3) is 2.27. The number of aldehydes is 1. The first-order chi connectivity index (χ1) is 6.49. The first kappa shape index (κ1) is 11.5. The second-order valence-corrected chi connectivity index (χ2v) is 4.03. The number of rotatable bonds is 3. The Labute approximate surface area is 92.5 Å². The van der Waals surface area contributed by atoms with Gasteiger partial charge in [0, 0.05) is 12.0 Å². The quantitative estimate of drug-likeness (QED) is 0.815. The fourth-order valence-electron chi connectivity index (χ4n) is 1.19. The summed E-state index contributed by atoms with van der Waals surface area (Å²) in [6.45, 7) is 1.53. The molecule has 1 atom stereocenters. The summed E-state index contributed by atoms with van der Waals surface area (Å²) in [4.78, 5) is 10.4.